The van der Waals surface area contributed by atoms with E-state index in [9.17, 15) is 9.59 Å². The second-order valence-electron chi connectivity index (χ2n) is 8.05. The van der Waals surface area contributed by atoms with E-state index in [-0.39, 0.29) is 11.9 Å². The number of para-hydroxylation sites is 1. The summed E-state index contributed by atoms with van der Waals surface area (Å²) in [5.74, 6) is -0.118. The van der Waals surface area contributed by atoms with Crippen LogP contribution in [0.1, 0.15) is 50.2 Å². The highest BCUT2D eigenvalue weighted by molar-refractivity contribution is 5.90. The van der Waals surface area contributed by atoms with E-state index in [2.05, 4.69) is 34.0 Å². The fourth-order valence-electron chi connectivity index (χ4n) is 4.01. The van der Waals surface area contributed by atoms with Crippen molar-refractivity contribution in [2.45, 2.75) is 58.2 Å². The van der Waals surface area contributed by atoms with Gasteiger partial charge in [0.2, 0.25) is 5.91 Å². The number of anilines is 2. The Balaban J connectivity index is 1.56. The van der Waals surface area contributed by atoms with E-state index in [1.54, 1.807) is 0 Å². The molecule has 0 saturated heterocycles. The molecule has 30 heavy (non-hydrogen) atoms. The number of carbonyl (C=O) groups excluding carboxylic acids is 2. The first-order valence-electron chi connectivity index (χ1n) is 10.7. The Hall–Kier alpha value is -2.86. The van der Waals surface area contributed by atoms with E-state index >= 15 is 0 Å². The van der Waals surface area contributed by atoms with Crippen molar-refractivity contribution in [2.75, 3.05) is 17.7 Å². The zero-order valence-corrected chi connectivity index (χ0v) is 17.9. The number of hydrogen-bond acceptors (Lipinski definition) is 3. The van der Waals surface area contributed by atoms with Crippen LogP contribution in [0.2, 0.25) is 0 Å². The molecule has 3 amide bonds. The number of carbonyl (C=O) groups is 2. The molecular formula is C24H32N4O2. The summed E-state index contributed by atoms with van der Waals surface area (Å²) in [5, 5.41) is 8.64. The SMILES string of the molecule is CC(=O)Nc1cccc(CNC(=O)Nc2ccccc2CN(C)C2CCCCC2)c1. The minimum Gasteiger partial charge on any atom is -0.334 e. The van der Waals surface area contributed by atoms with Gasteiger partial charge >= 0.3 is 6.03 Å². The molecule has 0 spiro atoms. The Morgan fingerprint density at radius 2 is 1.77 bits per heavy atom. The van der Waals surface area contributed by atoms with Crippen LogP contribution < -0.4 is 16.0 Å². The largest absolute Gasteiger partial charge is 0.334 e. The molecule has 1 fully saturated rings. The van der Waals surface area contributed by atoms with Crippen LogP contribution in [-0.2, 0) is 17.9 Å². The van der Waals surface area contributed by atoms with Gasteiger partial charge in [-0.15, -0.1) is 0 Å². The third kappa shape index (κ3) is 6.59. The summed E-state index contributed by atoms with van der Waals surface area (Å²) in [6.45, 7) is 2.67. The van der Waals surface area contributed by atoms with E-state index in [4.69, 9.17) is 0 Å². The monoisotopic (exact) mass is 408 g/mol. The Morgan fingerprint density at radius 1 is 1.00 bits per heavy atom. The molecule has 160 valence electrons. The predicted octanol–water partition coefficient (Wildman–Crippen LogP) is 4.73. The number of nitrogens with zero attached hydrogens (tertiary/aromatic N) is 1. The van der Waals surface area contributed by atoms with Crippen LogP contribution in [0.5, 0.6) is 0 Å². The molecule has 2 aromatic carbocycles. The molecule has 3 rings (SSSR count). The molecule has 6 heteroatoms. The Kier molecular flexibility index (Phi) is 7.85. The zero-order valence-electron chi connectivity index (χ0n) is 17.9. The van der Waals surface area contributed by atoms with Crippen molar-refractivity contribution in [1.82, 2.24) is 10.2 Å². The summed E-state index contributed by atoms with van der Waals surface area (Å²) in [5.41, 5.74) is 3.60. The Morgan fingerprint density at radius 3 is 2.53 bits per heavy atom. The van der Waals surface area contributed by atoms with Gasteiger partial charge in [0.05, 0.1) is 0 Å². The standard InChI is InChI=1S/C24H32N4O2/c1-18(29)26-21-11-8-9-19(15-21)16-25-24(30)27-23-14-7-6-10-20(23)17-28(2)22-12-4-3-5-13-22/h6-11,14-15,22H,3-5,12-13,16-17H2,1-2H3,(H,26,29)(H2,25,27,30). The maximum Gasteiger partial charge on any atom is 0.319 e. The van der Waals surface area contributed by atoms with Crippen LogP contribution >= 0.6 is 0 Å². The first-order valence-corrected chi connectivity index (χ1v) is 10.7. The van der Waals surface area contributed by atoms with Crippen LogP contribution in [0, 0.1) is 0 Å². The summed E-state index contributed by atoms with van der Waals surface area (Å²) >= 11 is 0. The summed E-state index contributed by atoms with van der Waals surface area (Å²) in [4.78, 5) is 26.1. The molecular weight excluding hydrogens is 376 g/mol. The third-order valence-corrected chi connectivity index (χ3v) is 5.58. The van der Waals surface area contributed by atoms with Gasteiger partial charge in [-0.1, -0.05) is 49.6 Å². The fraction of sp³-hybridized carbons (Fsp3) is 0.417. The van der Waals surface area contributed by atoms with Crippen molar-refractivity contribution < 1.29 is 9.59 Å². The van der Waals surface area contributed by atoms with Gasteiger partial charge in [-0.3, -0.25) is 9.69 Å². The average molecular weight is 409 g/mol. The lowest BCUT2D eigenvalue weighted by Gasteiger charge is -2.31. The van der Waals surface area contributed by atoms with Crippen LogP contribution in [0.15, 0.2) is 48.5 Å². The molecule has 0 radical (unpaired) electrons. The molecule has 0 aliphatic heterocycles. The van der Waals surface area contributed by atoms with E-state index in [1.807, 2.05) is 42.5 Å². The van der Waals surface area contributed by atoms with Crippen molar-refractivity contribution >= 4 is 23.3 Å². The van der Waals surface area contributed by atoms with Crippen molar-refractivity contribution in [1.29, 1.82) is 0 Å². The number of rotatable bonds is 7. The van der Waals surface area contributed by atoms with Gasteiger partial charge < -0.3 is 16.0 Å². The quantitative estimate of drug-likeness (QED) is 0.620. The van der Waals surface area contributed by atoms with Crippen molar-refractivity contribution in [3.05, 3.63) is 59.7 Å². The second kappa shape index (κ2) is 10.8. The molecule has 0 atom stereocenters. The number of hydrogen-bond donors (Lipinski definition) is 3. The smallest absolute Gasteiger partial charge is 0.319 e. The van der Waals surface area contributed by atoms with E-state index in [1.165, 1.54) is 39.0 Å². The van der Waals surface area contributed by atoms with Gasteiger partial charge in [0.25, 0.3) is 0 Å². The number of amides is 3. The van der Waals surface area contributed by atoms with E-state index in [0.717, 1.165) is 29.0 Å². The summed E-state index contributed by atoms with van der Waals surface area (Å²) in [6, 6.07) is 15.8. The topological polar surface area (TPSA) is 73.5 Å². The highest BCUT2D eigenvalue weighted by Gasteiger charge is 2.19. The fourth-order valence-corrected chi connectivity index (χ4v) is 4.01. The van der Waals surface area contributed by atoms with Crippen molar-refractivity contribution in [3.8, 4) is 0 Å². The molecule has 0 bridgehead atoms. The molecule has 0 aromatic heterocycles. The molecule has 1 aliphatic rings. The summed E-state index contributed by atoms with van der Waals surface area (Å²) in [6.07, 6.45) is 6.46. The minimum absolute atomic E-state index is 0.118. The lowest BCUT2D eigenvalue weighted by molar-refractivity contribution is -0.114. The van der Waals surface area contributed by atoms with Gasteiger partial charge in [-0.25, -0.2) is 4.79 Å². The lowest BCUT2D eigenvalue weighted by atomic mass is 9.94. The first kappa shape index (κ1) is 21.8. The molecule has 1 saturated carbocycles. The third-order valence-electron chi connectivity index (χ3n) is 5.58. The molecule has 0 heterocycles. The molecule has 2 aromatic rings. The van der Waals surface area contributed by atoms with Crippen molar-refractivity contribution in [3.63, 3.8) is 0 Å². The molecule has 6 nitrogen and oxygen atoms in total. The van der Waals surface area contributed by atoms with Crippen LogP contribution in [0.4, 0.5) is 16.2 Å². The number of urea groups is 1. The van der Waals surface area contributed by atoms with Crippen molar-refractivity contribution in [2.24, 2.45) is 0 Å². The zero-order chi connectivity index (χ0) is 21.3. The first-order chi connectivity index (χ1) is 14.5. The maximum absolute atomic E-state index is 12.5. The Labute approximate surface area is 179 Å². The second-order valence-corrected chi connectivity index (χ2v) is 8.05. The molecule has 3 N–H and O–H groups in total. The van der Waals surface area contributed by atoms with Gasteiger partial charge in [0.1, 0.15) is 0 Å². The van der Waals surface area contributed by atoms with Crippen LogP contribution in [0.25, 0.3) is 0 Å². The van der Waals surface area contributed by atoms with E-state index in [0.29, 0.717) is 12.6 Å². The number of nitrogens with one attached hydrogen (secondary N) is 3. The van der Waals surface area contributed by atoms with Crippen LogP contribution in [0.3, 0.4) is 0 Å². The van der Waals surface area contributed by atoms with Crippen LogP contribution in [-0.4, -0.2) is 29.9 Å². The van der Waals surface area contributed by atoms with Gasteiger partial charge in [-0.2, -0.15) is 0 Å². The van der Waals surface area contributed by atoms with Gasteiger partial charge in [0, 0.05) is 37.4 Å². The van der Waals surface area contributed by atoms with Gasteiger partial charge in [-0.05, 0) is 49.2 Å². The predicted molar refractivity (Wildman–Crippen MR) is 121 cm³/mol. The van der Waals surface area contributed by atoms with Gasteiger partial charge in [0.15, 0.2) is 0 Å². The average Bonchev–Trinajstić information content (AvgIpc) is 2.74. The Bertz CT molecular complexity index is 862. The maximum atomic E-state index is 12.5. The lowest BCUT2D eigenvalue weighted by Crippen LogP contribution is -2.33. The normalized spacial score (nSPS) is 14.4. The highest BCUT2D eigenvalue weighted by Crippen LogP contribution is 2.25. The molecule has 1 aliphatic carbocycles. The summed E-state index contributed by atoms with van der Waals surface area (Å²) in [7, 11) is 2.18. The minimum atomic E-state index is -0.243. The number of benzene rings is 2. The summed E-state index contributed by atoms with van der Waals surface area (Å²) < 4.78 is 0. The molecule has 0 unspecified atom stereocenters. The highest BCUT2D eigenvalue weighted by atomic mass is 16.2. The van der Waals surface area contributed by atoms with E-state index < -0.39 is 0 Å².